The summed E-state index contributed by atoms with van der Waals surface area (Å²) >= 11 is 0. The zero-order chi connectivity index (χ0) is 11.8. The molecule has 0 aromatic heterocycles. The zero-order valence-corrected chi connectivity index (χ0v) is 8.57. The third-order valence-electron chi connectivity index (χ3n) is 2.64. The van der Waals surface area contributed by atoms with E-state index in [1.54, 1.807) is 31.2 Å². The normalized spacial score (nSPS) is 23.5. The van der Waals surface area contributed by atoms with Crippen LogP contribution in [0.4, 0.5) is 4.79 Å². The minimum absolute atomic E-state index is 0.387. The molecule has 0 unspecified atom stereocenters. The van der Waals surface area contributed by atoms with Gasteiger partial charge in [0.25, 0.3) is 5.91 Å². The molecule has 0 radical (unpaired) electrons. The molecule has 1 fully saturated rings. The van der Waals surface area contributed by atoms with Gasteiger partial charge in [-0.3, -0.25) is 10.1 Å². The number of hydrogen-bond acceptors (Lipinski definition) is 3. The number of rotatable bonds is 1. The van der Waals surface area contributed by atoms with E-state index in [2.05, 4.69) is 10.6 Å². The van der Waals surface area contributed by atoms with Gasteiger partial charge in [0.05, 0.1) is 11.6 Å². The average Bonchev–Trinajstić information content (AvgIpc) is 2.54. The largest absolute Gasteiger partial charge is 0.322 e. The van der Waals surface area contributed by atoms with E-state index in [4.69, 9.17) is 5.26 Å². The van der Waals surface area contributed by atoms with E-state index < -0.39 is 11.6 Å². The topological polar surface area (TPSA) is 82.0 Å². The van der Waals surface area contributed by atoms with E-state index in [1.165, 1.54) is 0 Å². The maximum Gasteiger partial charge on any atom is 0.322 e. The van der Waals surface area contributed by atoms with Crippen LogP contribution in [0.5, 0.6) is 0 Å². The highest BCUT2D eigenvalue weighted by atomic mass is 16.2. The van der Waals surface area contributed by atoms with Crippen LogP contribution >= 0.6 is 0 Å². The number of imide groups is 1. The Kier molecular flexibility index (Phi) is 2.13. The molecule has 3 amide bonds. The van der Waals surface area contributed by atoms with Crippen molar-refractivity contribution in [2.45, 2.75) is 12.5 Å². The van der Waals surface area contributed by atoms with Crippen molar-refractivity contribution < 1.29 is 9.59 Å². The number of carbonyl (C=O) groups excluding carboxylic acids is 2. The summed E-state index contributed by atoms with van der Waals surface area (Å²) in [5.41, 5.74) is 0.109. The van der Waals surface area contributed by atoms with Gasteiger partial charge in [0.15, 0.2) is 0 Å². The lowest BCUT2D eigenvalue weighted by molar-refractivity contribution is -0.123. The molecule has 1 aliphatic heterocycles. The molecule has 0 spiro atoms. The first-order chi connectivity index (χ1) is 7.56. The second-order valence-corrected chi connectivity index (χ2v) is 3.72. The van der Waals surface area contributed by atoms with Crippen molar-refractivity contribution in [1.29, 1.82) is 5.26 Å². The van der Waals surface area contributed by atoms with Crippen LogP contribution in [0.1, 0.15) is 18.1 Å². The molecule has 16 heavy (non-hydrogen) atoms. The molecule has 0 aliphatic carbocycles. The number of benzene rings is 1. The summed E-state index contributed by atoms with van der Waals surface area (Å²) in [7, 11) is 0. The number of amides is 3. The molecular weight excluding hydrogens is 206 g/mol. The fraction of sp³-hybridized carbons (Fsp3) is 0.182. The highest BCUT2D eigenvalue weighted by Gasteiger charge is 2.43. The molecule has 0 bridgehead atoms. The fourth-order valence-corrected chi connectivity index (χ4v) is 1.62. The van der Waals surface area contributed by atoms with Gasteiger partial charge in [0.2, 0.25) is 0 Å². The van der Waals surface area contributed by atoms with Crippen LogP contribution in [-0.4, -0.2) is 11.9 Å². The summed E-state index contributed by atoms with van der Waals surface area (Å²) in [4.78, 5) is 22.7. The second-order valence-electron chi connectivity index (χ2n) is 3.72. The standard InChI is InChI=1S/C11H9N3O2/c1-11(9(15)13-10(16)14-11)8-4-2-7(6-12)3-5-8/h2-5H,1H3,(H2,13,14,15,16)/t11-/m0/s1. The lowest BCUT2D eigenvalue weighted by Gasteiger charge is -2.20. The van der Waals surface area contributed by atoms with Crippen LogP contribution in [0.2, 0.25) is 0 Å². The van der Waals surface area contributed by atoms with Crippen LogP contribution < -0.4 is 10.6 Å². The molecule has 1 heterocycles. The van der Waals surface area contributed by atoms with Gasteiger partial charge < -0.3 is 5.32 Å². The number of nitrogens with zero attached hydrogens (tertiary/aromatic N) is 1. The van der Waals surface area contributed by atoms with Crippen molar-refractivity contribution in [3.63, 3.8) is 0 Å². The number of urea groups is 1. The third-order valence-corrected chi connectivity index (χ3v) is 2.64. The maximum absolute atomic E-state index is 11.6. The highest BCUT2D eigenvalue weighted by molar-refractivity contribution is 6.07. The highest BCUT2D eigenvalue weighted by Crippen LogP contribution is 2.24. The molecule has 1 aromatic carbocycles. The SMILES string of the molecule is C[C@@]1(c2ccc(C#N)cc2)NC(=O)NC1=O. The summed E-state index contributed by atoms with van der Waals surface area (Å²) in [6, 6.07) is 8.02. The molecule has 80 valence electrons. The first-order valence-corrected chi connectivity index (χ1v) is 4.70. The van der Waals surface area contributed by atoms with Crippen molar-refractivity contribution in [1.82, 2.24) is 10.6 Å². The molecule has 2 N–H and O–H groups in total. The molecule has 2 rings (SSSR count). The van der Waals surface area contributed by atoms with Gasteiger partial charge in [-0.2, -0.15) is 5.26 Å². The summed E-state index contributed by atoms with van der Waals surface area (Å²) in [6.07, 6.45) is 0. The van der Waals surface area contributed by atoms with E-state index in [1.807, 2.05) is 6.07 Å². The summed E-state index contributed by atoms with van der Waals surface area (Å²) < 4.78 is 0. The summed E-state index contributed by atoms with van der Waals surface area (Å²) in [5.74, 6) is -0.387. The van der Waals surface area contributed by atoms with Crippen molar-refractivity contribution >= 4 is 11.9 Å². The Morgan fingerprint density at radius 1 is 1.25 bits per heavy atom. The van der Waals surface area contributed by atoms with Gasteiger partial charge in [-0.25, -0.2) is 4.79 Å². The molecule has 1 atom stereocenters. The molecule has 1 saturated heterocycles. The van der Waals surface area contributed by atoms with Crippen LogP contribution in [0.3, 0.4) is 0 Å². The first-order valence-electron chi connectivity index (χ1n) is 4.70. The van der Waals surface area contributed by atoms with Crippen molar-refractivity contribution in [2.75, 3.05) is 0 Å². The van der Waals surface area contributed by atoms with Gasteiger partial charge >= 0.3 is 6.03 Å². The van der Waals surface area contributed by atoms with Gasteiger partial charge in [-0.1, -0.05) is 12.1 Å². The molecule has 5 heteroatoms. The van der Waals surface area contributed by atoms with Crippen LogP contribution in [0.25, 0.3) is 0 Å². The Hall–Kier alpha value is -2.35. The number of nitriles is 1. The summed E-state index contributed by atoms with van der Waals surface area (Å²) in [6.45, 7) is 1.62. The number of carbonyl (C=O) groups is 2. The fourth-order valence-electron chi connectivity index (χ4n) is 1.62. The third kappa shape index (κ3) is 1.41. The molecule has 1 aromatic rings. The summed E-state index contributed by atoms with van der Waals surface area (Å²) in [5, 5.41) is 13.4. The van der Waals surface area contributed by atoms with Crippen molar-refractivity contribution in [2.24, 2.45) is 0 Å². The molecule has 1 aliphatic rings. The molecule has 0 saturated carbocycles. The van der Waals surface area contributed by atoms with Gasteiger partial charge in [0.1, 0.15) is 5.54 Å². The van der Waals surface area contributed by atoms with Gasteiger partial charge in [-0.05, 0) is 24.6 Å². The first kappa shape index (κ1) is 10.2. The Morgan fingerprint density at radius 3 is 2.31 bits per heavy atom. The minimum Gasteiger partial charge on any atom is -0.320 e. The number of hydrogen-bond donors (Lipinski definition) is 2. The van der Waals surface area contributed by atoms with E-state index in [9.17, 15) is 9.59 Å². The lowest BCUT2D eigenvalue weighted by Crippen LogP contribution is -2.40. The predicted molar refractivity (Wildman–Crippen MR) is 55.2 cm³/mol. The lowest BCUT2D eigenvalue weighted by atomic mass is 9.92. The molecular formula is C11H9N3O2. The van der Waals surface area contributed by atoms with E-state index >= 15 is 0 Å². The van der Waals surface area contributed by atoms with Gasteiger partial charge in [-0.15, -0.1) is 0 Å². The quantitative estimate of drug-likeness (QED) is 0.673. The Bertz CT molecular complexity index is 501. The van der Waals surface area contributed by atoms with Crippen molar-refractivity contribution in [3.05, 3.63) is 35.4 Å². The maximum atomic E-state index is 11.6. The number of nitrogens with one attached hydrogen (secondary N) is 2. The van der Waals surface area contributed by atoms with Crippen LogP contribution in [-0.2, 0) is 10.3 Å². The van der Waals surface area contributed by atoms with Gasteiger partial charge in [0, 0.05) is 0 Å². The Balaban J connectivity index is 2.40. The van der Waals surface area contributed by atoms with E-state index in [-0.39, 0.29) is 5.91 Å². The predicted octanol–water partition coefficient (Wildman–Crippen LogP) is 0.613. The smallest absolute Gasteiger partial charge is 0.320 e. The molecule has 5 nitrogen and oxygen atoms in total. The van der Waals surface area contributed by atoms with E-state index in [0.29, 0.717) is 11.1 Å². The van der Waals surface area contributed by atoms with E-state index in [0.717, 1.165) is 0 Å². The minimum atomic E-state index is -1.05. The van der Waals surface area contributed by atoms with Crippen molar-refractivity contribution in [3.8, 4) is 6.07 Å². The second kappa shape index (κ2) is 3.35. The Labute approximate surface area is 92.1 Å². The van der Waals surface area contributed by atoms with Crippen LogP contribution in [0.15, 0.2) is 24.3 Å². The Morgan fingerprint density at radius 2 is 1.88 bits per heavy atom. The van der Waals surface area contributed by atoms with Crippen LogP contribution in [0, 0.1) is 11.3 Å². The monoisotopic (exact) mass is 215 g/mol. The average molecular weight is 215 g/mol. The zero-order valence-electron chi connectivity index (χ0n) is 8.57.